The minimum absolute atomic E-state index is 0.368. The van der Waals surface area contributed by atoms with Gasteiger partial charge in [0, 0.05) is 19.7 Å². The second-order valence-electron chi connectivity index (χ2n) is 6.30. The van der Waals surface area contributed by atoms with E-state index in [0.717, 1.165) is 31.4 Å². The van der Waals surface area contributed by atoms with Gasteiger partial charge in [0.2, 0.25) is 0 Å². The van der Waals surface area contributed by atoms with Gasteiger partial charge in [0.1, 0.15) is 0 Å². The Bertz CT molecular complexity index is 386. The van der Waals surface area contributed by atoms with Gasteiger partial charge in [-0.25, -0.2) is 0 Å². The molecule has 4 nitrogen and oxygen atoms in total. The van der Waals surface area contributed by atoms with E-state index >= 15 is 0 Å². The van der Waals surface area contributed by atoms with Crippen LogP contribution >= 0.6 is 0 Å². The Kier molecular flexibility index (Phi) is 3.25. The van der Waals surface area contributed by atoms with Crippen molar-refractivity contribution in [3.05, 3.63) is 11.9 Å². The van der Waals surface area contributed by atoms with Gasteiger partial charge in [-0.2, -0.15) is 0 Å². The minimum atomic E-state index is -0.580. The monoisotopic (exact) mass is 237 g/mol. The van der Waals surface area contributed by atoms with Gasteiger partial charge < -0.3 is 5.11 Å². The lowest BCUT2D eigenvalue weighted by atomic mass is 9.83. The van der Waals surface area contributed by atoms with Crippen LogP contribution in [0.5, 0.6) is 0 Å². The van der Waals surface area contributed by atoms with Gasteiger partial charge in [-0.1, -0.05) is 25.5 Å². The second-order valence-corrected chi connectivity index (χ2v) is 6.30. The lowest BCUT2D eigenvalue weighted by molar-refractivity contribution is 0.0217. The summed E-state index contributed by atoms with van der Waals surface area (Å²) in [5.74, 6) is 0. The molecule has 4 heteroatoms. The maximum absolute atomic E-state index is 10.7. The molecule has 0 spiro atoms. The summed E-state index contributed by atoms with van der Waals surface area (Å²) in [7, 11) is 1.86. The van der Waals surface area contributed by atoms with E-state index in [1.807, 2.05) is 13.2 Å². The number of nitrogens with zero attached hydrogens (tertiary/aromatic N) is 3. The molecule has 0 radical (unpaired) electrons. The molecule has 1 saturated carbocycles. The number of aromatic nitrogens is 3. The molecular formula is C13H23N3O. The van der Waals surface area contributed by atoms with Crippen LogP contribution in [0.15, 0.2) is 6.20 Å². The van der Waals surface area contributed by atoms with Gasteiger partial charge in [-0.3, -0.25) is 4.68 Å². The summed E-state index contributed by atoms with van der Waals surface area (Å²) >= 11 is 0. The van der Waals surface area contributed by atoms with Gasteiger partial charge in [-0.05, 0) is 31.1 Å². The fourth-order valence-electron chi connectivity index (χ4n) is 2.71. The highest BCUT2D eigenvalue weighted by atomic mass is 16.3. The fraction of sp³-hybridized carbons (Fsp3) is 0.846. The number of hydrogen-bond donors (Lipinski definition) is 1. The molecule has 1 N–H and O–H groups in total. The lowest BCUT2D eigenvalue weighted by Crippen LogP contribution is -2.31. The third kappa shape index (κ3) is 3.28. The summed E-state index contributed by atoms with van der Waals surface area (Å²) in [5.41, 5.74) is 0.686. The molecule has 1 aromatic heterocycles. The zero-order valence-electron chi connectivity index (χ0n) is 11.1. The van der Waals surface area contributed by atoms with Crippen LogP contribution in [-0.2, 0) is 13.5 Å². The fourth-order valence-corrected chi connectivity index (χ4v) is 2.71. The number of aryl methyl sites for hydroxylation is 1. The van der Waals surface area contributed by atoms with Crippen molar-refractivity contribution in [2.45, 2.75) is 58.0 Å². The largest absolute Gasteiger partial charge is 0.389 e. The molecule has 1 aromatic rings. The van der Waals surface area contributed by atoms with Crippen molar-refractivity contribution in [2.24, 2.45) is 12.5 Å². The van der Waals surface area contributed by atoms with Crippen LogP contribution in [0.4, 0.5) is 0 Å². The minimum Gasteiger partial charge on any atom is -0.389 e. The first kappa shape index (κ1) is 12.6. The Morgan fingerprint density at radius 1 is 1.29 bits per heavy atom. The third-order valence-electron chi connectivity index (χ3n) is 3.92. The molecule has 1 heterocycles. The molecule has 1 atom stereocenters. The number of aliphatic hydroxyl groups is 1. The van der Waals surface area contributed by atoms with E-state index in [-0.39, 0.29) is 0 Å². The normalized spacial score (nSPS) is 28.9. The van der Waals surface area contributed by atoms with E-state index in [1.165, 1.54) is 6.42 Å². The Morgan fingerprint density at radius 2 is 2.06 bits per heavy atom. The van der Waals surface area contributed by atoms with E-state index in [0.29, 0.717) is 11.8 Å². The van der Waals surface area contributed by atoms with Crippen LogP contribution in [0.1, 0.15) is 51.6 Å². The van der Waals surface area contributed by atoms with E-state index in [9.17, 15) is 5.11 Å². The molecule has 1 aliphatic rings. The first-order chi connectivity index (χ1) is 7.89. The quantitative estimate of drug-likeness (QED) is 0.801. The third-order valence-corrected chi connectivity index (χ3v) is 3.92. The van der Waals surface area contributed by atoms with Crippen molar-refractivity contribution >= 4 is 0 Å². The average molecular weight is 237 g/mol. The van der Waals surface area contributed by atoms with Gasteiger partial charge in [0.15, 0.2) is 0 Å². The van der Waals surface area contributed by atoms with Crippen molar-refractivity contribution in [2.75, 3.05) is 0 Å². The van der Waals surface area contributed by atoms with E-state index in [2.05, 4.69) is 24.2 Å². The average Bonchev–Trinajstić information content (AvgIpc) is 2.55. The summed E-state index contributed by atoms with van der Waals surface area (Å²) in [4.78, 5) is 0. The Hall–Kier alpha value is -0.900. The van der Waals surface area contributed by atoms with Crippen LogP contribution in [0.25, 0.3) is 0 Å². The molecule has 0 bridgehead atoms. The molecule has 0 saturated heterocycles. The maximum atomic E-state index is 10.7. The molecule has 1 unspecified atom stereocenters. The lowest BCUT2D eigenvalue weighted by Gasteiger charge is -2.27. The predicted octanol–water partition coefficient (Wildman–Crippen LogP) is 2.08. The summed E-state index contributed by atoms with van der Waals surface area (Å²) < 4.78 is 1.69. The molecule has 1 fully saturated rings. The summed E-state index contributed by atoms with van der Waals surface area (Å²) in [6.07, 6.45) is 7.68. The van der Waals surface area contributed by atoms with Gasteiger partial charge in [0.05, 0.1) is 11.3 Å². The van der Waals surface area contributed by atoms with Gasteiger partial charge in [0.25, 0.3) is 0 Å². The summed E-state index contributed by atoms with van der Waals surface area (Å²) in [6.45, 7) is 4.59. The highest BCUT2D eigenvalue weighted by Crippen LogP contribution is 2.39. The molecule has 0 aromatic carbocycles. The van der Waals surface area contributed by atoms with Crippen molar-refractivity contribution in [3.63, 3.8) is 0 Å². The van der Waals surface area contributed by atoms with Gasteiger partial charge >= 0.3 is 0 Å². The van der Waals surface area contributed by atoms with Crippen LogP contribution in [0, 0.1) is 5.41 Å². The predicted molar refractivity (Wildman–Crippen MR) is 66.5 cm³/mol. The van der Waals surface area contributed by atoms with E-state index in [1.54, 1.807) is 4.68 Å². The smallest absolute Gasteiger partial charge is 0.0855 e. The van der Waals surface area contributed by atoms with E-state index in [4.69, 9.17) is 0 Å². The molecule has 0 amide bonds. The highest BCUT2D eigenvalue weighted by molar-refractivity contribution is 5.00. The van der Waals surface area contributed by atoms with Crippen LogP contribution in [0.2, 0.25) is 0 Å². The standard InChI is InChI=1S/C13H23N3O/c1-12(2)5-4-6-13(17,8-7-12)9-11-10-16(3)15-14-11/h10,17H,4-9H2,1-3H3. The highest BCUT2D eigenvalue weighted by Gasteiger charge is 2.34. The topological polar surface area (TPSA) is 50.9 Å². The molecule has 1 aliphatic carbocycles. The van der Waals surface area contributed by atoms with Crippen LogP contribution < -0.4 is 0 Å². The molecule has 2 rings (SSSR count). The molecule has 17 heavy (non-hydrogen) atoms. The maximum Gasteiger partial charge on any atom is 0.0855 e. The van der Waals surface area contributed by atoms with Crippen LogP contribution in [0.3, 0.4) is 0 Å². The van der Waals surface area contributed by atoms with Crippen molar-refractivity contribution in [1.82, 2.24) is 15.0 Å². The zero-order valence-corrected chi connectivity index (χ0v) is 11.1. The van der Waals surface area contributed by atoms with Gasteiger partial charge in [-0.15, -0.1) is 5.10 Å². The van der Waals surface area contributed by atoms with Crippen molar-refractivity contribution in [1.29, 1.82) is 0 Å². The second kappa shape index (κ2) is 4.41. The van der Waals surface area contributed by atoms with Crippen molar-refractivity contribution in [3.8, 4) is 0 Å². The number of hydrogen-bond acceptors (Lipinski definition) is 3. The SMILES string of the molecule is Cn1cc(CC2(O)CCCC(C)(C)CC2)nn1. The summed E-state index contributed by atoms with van der Waals surface area (Å²) in [6, 6.07) is 0. The van der Waals surface area contributed by atoms with Crippen molar-refractivity contribution < 1.29 is 5.11 Å². The molecule has 0 aliphatic heterocycles. The van der Waals surface area contributed by atoms with Crippen LogP contribution in [-0.4, -0.2) is 25.7 Å². The molecule has 96 valence electrons. The first-order valence-corrected chi connectivity index (χ1v) is 6.46. The first-order valence-electron chi connectivity index (χ1n) is 6.46. The summed E-state index contributed by atoms with van der Waals surface area (Å²) in [5, 5.41) is 18.7. The zero-order chi connectivity index (χ0) is 12.5. The Balaban J connectivity index is 2.03. The Labute approximate surface area is 103 Å². The van der Waals surface area contributed by atoms with E-state index < -0.39 is 5.60 Å². The molecular weight excluding hydrogens is 214 g/mol. The Morgan fingerprint density at radius 3 is 2.71 bits per heavy atom. The number of rotatable bonds is 2.